The predicted octanol–water partition coefficient (Wildman–Crippen LogP) is 2.55. The second kappa shape index (κ2) is 7.59. The van der Waals surface area contributed by atoms with Gasteiger partial charge in [-0.25, -0.2) is 0 Å². The topological polar surface area (TPSA) is 43.1 Å². The maximum Gasteiger partial charge on any atom is 0.244 e. The number of hydrogen-bond acceptors (Lipinski definition) is 1. The molecule has 13 heavy (non-hydrogen) atoms. The Kier molecular flexibility index (Phi) is 6.98. The van der Waals surface area contributed by atoms with Crippen LogP contribution in [-0.4, -0.2) is 5.91 Å². The zero-order valence-corrected chi connectivity index (χ0v) is 8.55. The first-order chi connectivity index (χ1) is 6.22. The molecule has 0 spiro atoms. The van der Waals surface area contributed by atoms with Gasteiger partial charge >= 0.3 is 0 Å². The van der Waals surface area contributed by atoms with Crippen molar-refractivity contribution in [2.45, 2.75) is 39.5 Å². The Bertz CT molecular complexity index is 204. The average molecular weight is 181 g/mol. The van der Waals surface area contributed by atoms with Crippen LogP contribution in [0.15, 0.2) is 23.8 Å². The van der Waals surface area contributed by atoms with Crippen molar-refractivity contribution >= 4 is 5.91 Å². The lowest BCUT2D eigenvalue weighted by atomic mass is 10.1. The van der Waals surface area contributed by atoms with Gasteiger partial charge < -0.3 is 5.73 Å². The lowest BCUT2D eigenvalue weighted by molar-refractivity contribution is -0.114. The van der Waals surface area contributed by atoms with Crippen LogP contribution in [0.25, 0.3) is 0 Å². The van der Waals surface area contributed by atoms with Gasteiger partial charge in [-0.2, -0.15) is 0 Å². The van der Waals surface area contributed by atoms with Gasteiger partial charge in [-0.15, -0.1) is 0 Å². The smallest absolute Gasteiger partial charge is 0.244 e. The van der Waals surface area contributed by atoms with Gasteiger partial charge in [0.25, 0.3) is 0 Å². The van der Waals surface area contributed by atoms with Crippen LogP contribution in [0.4, 0.5) is 0 Å². The van der Waals surface area contributed by atoms with Crippen molar-refractivity contribution < 1.29 is 4.79 Å². The van der Waals surface area contributed by atoms with Crippen LogP contribution in [0.3, 0.4) is 0 Å². The zero-order chi connectivity index (χ0) is 10.1. The van der Waals surface area contributed by atoms with Crippen LogP contribution in [-0.2, 0) is 4.79 Å². The first-order valence-electron chi connectivity index (χ1n) is 4.86. The Hall–Kier alpha value is -1.05. The molecule has 0 atom stereocenters. The van der Waals surface area contributed by atoms with E-state index < -0.39 is 0 Å². The highest BCUT2D eigenvalue weighted by atomic mass is 16.1. The summed E-state index contributed by atoms with van der Waals surface area (Å²) in [5.74, 6) is -0.290. The fourth-order valence-electron chi connectivity index (χ4n) is 1.06. The van der Waals surface area contributed by atoms with Gasteiger partial charge in [-0.05, 0) is 25.7 Å². The Labute approximate surface area is 80.5 Å². The van der Waals surface area contributed by atoms with Gasteiger partial charge in [0.15, 0.2) is 0 Å². The molecular formula is C11H19NO. The first-order valence-corrected chi connectivity index (χ1v) is 4.86. The molecule has 0 fully saturated rings. The van der Waals surface area contributed by atoms with Crippen LogP contribution in [0.2, 0.25) is 0 Å². The molecule has 0 aromatic heterocycles. The van der Waals surface area contributed by atoms with Crippen LogP contribution in [0, 0.1) is 0 Å². The number of allylic oxidation sites excluding steroid dienone is 3. The Morgan fingerprint density at radius 2 is 1.92 bits per heavy atom. The number of primary amides is 1. The highest BCUT2D eigenvalue weighted by molar-refractivity contribution is 5.91. The van der Waals surface area contributed by atoms with E-state index in [1.165, 1.54) is 0 Å². The van der Waals surface area contributed by atoms with Crippen LogP contribution < -0.4 is 5.73 Å². The van der Waals surface area contributed by atoms with Crippen molar-refractivity contribution in [2.75, 3.05) is 0 Å². The molecule has 0 heterocycles. The number of carbonyl (C=O) groups excluding carboxylic acids is 1. The molecule has 2 N–H and O–H groups in total. The van der Waals surface area contributed by atoms with Crippen molar-refractivity contribution in [1.29, 1.82) is 0 Å². The van der Waals surface area contributed by atoms with Crippen LogP contribution in [0.1, 0.15) is 39.5 Å². The van der Waals surface area contributed by atoms with Crippen molar-refractivity contribution in [3.63, 3.8) is 0 Å². The number of hydrogen-bond donors (Lipinski definition) is 1. The number of unbranched alkanes of at least 4 members (excludes halogenated alkanes) is 1. The lowest BCUT2D eigenvalue weighted by Gasteiger charge is -1.96. The summed E-state index contributed by atoms with van der Waals surface area (Å²) in [4.78, 5) is 10.8. The quantitative estimate of drug-likeness (QED) is 0.382. The van der Waals surface area contributed by atoms with Crippen molar-refractivity contribution in [3.8, 4) is 0 Å². The molecule has 0 aliphatic carbocycles. The Morgan fingerprint density at radius 1 is 1.23 bits per heavy atom. The Morgan fingerprint density at radius 3 is 2.38 bits per heavy atom. The molecule has 0 aliphatic rings. The molecule has 74 valence electrons. The molecule has 0 bridgehead atoms. The summed E-state index contributed by atoms with van der Waals surface area (Å²) in [6, 6.07) is 0. The molecule has 0 aromatic rings. The fourth-order valence-corrected chi connectivity index (χ4v) is 1.06. The number of rotatable bonds is 6. The van der Waals surface area contributed by atoms with E-state index >= 15 is 0 Å². The minimum atomic E-state index is -0.290. The highest BCUT2D eigenvalue weighted by Crippen LogP contribution is 2.03. The van der Waals surface area contributed by atoms with E-state index in [0.717, 1.165) is 31.3 Å². The third-order valence-electron chi connectivity index (χ3n) is 1.82. The molecule has 0 saturated carbocycles. The molecule has 0 unspecified atom stereocenters. The largest absolute Gasteiger partial charge is 0.366 e. The van der Waals surface area contributed by atoms with Gasteiger partial charge in [0.05, 0.1) is 0 Å². The minimum absolute atomic E-state index is 0.290. The normalized spacial score (nSPS) is 12.3. The van der Waals surface area contributed by atoms with E-state index in [0.29, 0.717) is 0 Å². The predicted molar refractivity (Wildman–Crippen MR) is 56.2 cm³/mol. The first kappa shape index (κ1) is 11.9. The molecule has 0 saturated heterocycles. The number of carbonyl (C=O) groups is 1. The standard InChI is InChI=1S/C11H19NO/c1-3-5-6-7-8-9-10(4-2)11(12)13/h5-6,9H,3-4,7-8H2,1-2H3,(H2,12,13). The summed E-state index contributed by atoms with van der Waals surface area (Å²) < 4.78 is 0. The lowest BCUT2D eigenvalue weighted by Crippen LogP contribution is -2.13. The summed E-state index contributed by atoms with van der Waals surface area (Å²) in [5, 5.41) is 0. The minimum Gasteiger partial charge on any atom is -0.366 e. The molecular weight excluding hydrogens is 162 g/mol. The van der Waals surface area contributed by atoms with E-state index in [4.69, 9.17) is 5.73 Å². The molecule has 0 radical (unpaired) electrons. The number of amides is 1. The van der Waals surface area contributed by atoms with E-state index in [9.17, 15) is 4.79 Å². The Balaban J connectivity index is 3.80. The monoisotopic (exact) mass is 181 g/mol. The van der Waals surface area contributed by atoms with Gasteiger partial charge in [-0.1, -0.05) is 32.1 Å². The SMILES string of the molecule is CCC=CCCC=C(CC)C(N)=O. The molecule has 1 amide bonds. The van der Waals surface area contributed by atoms with Gasteiger partial charge in [-0.3, -0.25) is 4.79 Å². The average Bonchev–Trinajstić information content (AvgIpc) is 2.10. The summed E-state index contributed by atoms with van der Waals surface area (Å²) in [7, 11) is 0. The fraction of sp³-hybridized carbons (Fsp3) is 0.545. The highest BCUT2D eigenvalue weighted by Gasteiger charge is 1.98. The molecule has 0 aromatic carbocycles. The second-order valence-corrected chi connectivity index (χ2v) is 2.90. The zero-order valence-electron chi connectivity index (χ0n) is 8.55. The summed E-state index contributed by atoms with van der Waals surface area (Å²) in [5.41, 5.74) is 5.90. The van der Waals surface area contributed by atoms with Gasteiger partial charge in [0.1, 0.15) is 0 Å². The van der Waals surface area contributed by atoms with E-state index in [-0.39, 0.29) is 5.91 Å². The van der Waals surface area contributed by atoms with E-state index in [2.05, 4.69) is 19.1 Å². The maximum atomic E-state index is 10.8. The second-order valence-electron chi connectivity index (χ2n) is 2.90. The summed E-state index contributed by atoms with van der Waals surface area (Å²) in [6.07, 6.45) is 9.89. The summed E-state index contributed by atoms with van der Waals surface area (Å²) >= 11 is 0. The molecule has 0 aliphatic heterocycles. The van der Waals surface area contributed by atoms with E-state index in [1.807, 2.05) is 13.0 Å². The third-order valence-corrected chi connectivity index (χ3v) is 1.82. The van der Waals surface area contributed by atoms with Crippen LogP contribution >= 0.6 is 0 Å². The van der Waals surface area contributed by atoms with Gasteiger partial charge in [0.2, 0.25) is 5.91 Å². The van der Waals surface area contributed by atoms with Crippen molar-refractivity contribution in [1.82, 2.24) is 0 Å². The summed E-state index contributed by atoms with van der Waals surface area (Å²) in [6.45, 7) is 4.05. The van der Waals surface area contributed by atoms with Crippen molar-refractivity contribution in [2.24, 2.45) is 5.73 Å². The van der Waals surface area contributed by atoms with Gasteiger partial charge in [0, 0.05) is 5.57 Å². The maximum absolute atomic E-state index is 10.8. The number of nitrogens with two attached hydrogens (primary N) is 1. The molecule has 0 rings (SSSR count). The van der Waals surface area contributed by atoms with Crippen LogP contribution in [0.5, 0.6) is 0 Å². The molecule has 2 nitrogen and oxygen atoms in total. The van der Waals surface area contributed by atoms with Crippen molar-refractivity contribution in [3.05, 3.63) is 23.8 Å². The molecule has 2 heteroatoms. The van der Waals surface area contributed by atoms with E-state index in [1.54, 1.807) is 0 Å². The third kappa shape index (κ3) is 6.14.